The van der Waals surface area contributed by atoms with Crippen LogP contribution in [0.5, 0.6) is 0 Å². The normalized spacial score (nSPS) is 20.2. The number of hydrogen-bond donors (Lipinski definition) is 1. The zero-order chi connectivity index (χ0) is 19.5. The fraction of sp³-hybridized carbons (Fsp3) is 0.417. The summed E-state index contributed by atoms with van der Waals surface area (Å²) >= 11 is 0. The van der Waals surface area contributed by atoms with Crippen LogP contribution in [0.25, 0.3) is 11.1 Å². The number of aryl methyl sites for hydroxylation is 1. The zero-order valence-corrected chi connectivity index (χ0v) is 16.5. The van der Waals surface area contributed by atoms with Crippen LogP contribution in [0, 0.1) is 18.8 Å². The molecule has 4 rings (SSSR count). The minimum atomic E-state index is -0.210. The highest BCUT2D eigenvalue weighted by molar-refractivity contribution is 5.83. The molecule has 1 aliphatic heterocycles. The SMILES string of the molecule is Cc1ccc(-c2ccccc2C[C@@H]2CN(C(=O)C3CCC3)CCNC2=O)cc1. The molecule has 28 heavy (non-hydrogen) atoms. The largest absolute Gasteiger partial charge is 0.354 e. The summed E-state index contributed by atoms with van der Waals surface area (Å²) in [6, 6.07) is 16.8. The van der Waals surface area contributed by atoms with E-state index in [1.807, 2.05) is 17.0 Å². The van der Waals surface area contributed by atoms with Gasteiger partial charge in [0.1, 0.15) is 0 Å². The first kappa shape index (κ1) is 18.7. The van der Waals surface area contributed by atoms with E-state index >= 15 is 0 Å². The van der Waals surface area contributed by atoms with Crippen molar-refractivity contribution in [2.45, 2.75) is 32.6 Å². The number of benzene rings is 2. The molecule has 146 valence electrons. The lowest BCUT2D eigenvalue weighted by molar-refractivity contribution is -0.138. The molecule has 1 aliphatic carbocycles. The van der Waals surface area contributed by atoms with E-state index in [1.165, 1.54) is 5.56 Å². The van der Waals surface area contributed by atoms with Crippen LogP contribution in [-0.2, 0) is 16.0 Å². The molecule has 2 aromatic rings. The zero-order valence-electron chi connectivity index (χ0n) is 16.5. The Morgan fingerprint density at radius 3 is 2.57 bits per heavy atom. The minimum Gasteiger partial charge on any atom is -0.354 e. The van der Waals surface area contributed by atoms with Gasteiger partial charge in [-0.25, -0.2) is 0 Å². The van der Waals surface area contributed by atoms with Crippen molar-refractivity contribution in [1.29, 1.82) is 0 Å². The van der Waals surface area contributed by atoms with Gasteiger partial charge < -0.3 is 10.2 Å². The van der Waals surface area contributed by atoms with E-state index in [1.54, 1.807) is 0 Å². The van der Waals surface area contributed by atoms with E-state index in [-0.39, 0.29) is 23.7 Å². The Morgan fingerprint density at radius 1 is 1.11 bits per heavy atom. The quantitative estimate of drug-likeness (QED) is 0.887. The van der Waals surface area contributed by atoms with E-state index < -0.39 is 0 Å². The van der Waals surface area contributed by atoms with Crippen molar-refractivity contribution in [2.75, 3.05) is 19.6 Å². The van der Waals surface area contributed by atoms with Crippen LogP contribution in [0.1, 0.15) is 30.4 Å². The third-order valence-corrected chi connectivity index (χ3v) is 6.10. The molecule has 0 aromatic heterocycles. The van der Waals surface area contributed by atoms with Gasteiger partial charge in [0.15, 0.2) is 0 Å². The molecule has 1 saturated heterocycles. The summed E-state index contributed by atoms with van der Waals surface area (Å²) in [7, 11) is 0. The Hall–Kier alpha value is -2.62. The molecule has 4 nitrogen and oxygen atoms in total. The number of rotatable bonds is 4. The Bertz CT molecular complexity index is 855. The van der Waals surface area contributed by atoms with Gasteiger partial charge in [0.2, 0.25) is 11.8 Å². The van der Waals surface area contributed by atoms with Crippen LogP contribution in [-0.4, -0.2) is 36.3 Å². The number of nitrogens with zero attached hydrogens (tertiary/aromatic N) is 1. The molecule has 0 radical (unpaired) electrons. The van der Waals surface area contributed by atoms with Crippen LogP contribution in [0.2, 0.25) is 0 Å². The van der Waals surface area contributed by atoms with Gasteiger partial charge in [-0.3, -0.25) is 9.59 Å². The number of amides is 2. The van der Waals surface area contributed by atoms with Crippen LogP contribution in [0.3, 0.4) is 0 Å². The molecular weight excluding hydrogens is 348 g/mol. The molecule has 1 saturated carbocycles. The molecule has 0 unspecified atom stereocenters. The van der Waals surface area contributed by atoms with Crippen molar-refractivity contribution in [3.8, 4) is 11.1 Å². The van der Waals surface area contributed by atoms with Crippen molar-refractivity contribution in [3.05, 3.63) is 59.7 Å². The molecule has 1 atom stereocenters. The molecule has 1 heterocycles. The molecule has 0 spiro atoms. The maximum Gasteiger partial charge on any atom is 0.225 e. The molecule has 1 N–H and O–H groups in total. The molecule has 2 fully saturated rings. The minimum absolute atomic E-state index is 0.0580. The first-order valence-electron chi connectivity index (χ1n) is 10.3. The Labute approximate surface area is 166 Å². The molecule has 2 aliphatic rings. The summed E-state index contributed by atoms with van der Waals surface area (Å²) in [6.07, 6.45) is 3.79. The van der Waals surface area contributed by atoms with Gasteiger partial charge >= 0.3 is 0 Å². The summed E-state index contributed by atoms with van der Waals surface area (Å²) in [4.78, 5) is 27.3. The van der Waals surface area contributed by atoms with Gasteiger partial charge in [0.05, 0.1) is 5.92 Å². The molecule has 4 heteroatoms. The molecule has 2 aromatic carbocycles. The second kappa shape index (κ2) is 8.17. The number of carbonyl (C=O) groups excluding carboxylic acids is 2. The van der Waals surface area contributed by atoms with Gasteiger partial charge in [-0.1, -0.05) is 60.5 Å². The summed E-state index contributed by atoms with van der Waals surface area (Å²) in [5, 5.41) is 3.01. The lowest BCUT2D eigenvalue weighted by atomic mass is 9.84. The fourth-order valence-corrected chi connectivity index (χ4v) is 4.15. The third-order valence-electron chi connectivity index (χ3n) is 6.10. The monoisotopic (exact) mass is 376 g/mol. The van der Waals surface area contributed by atoms with E-state index in [0.29, 0.717) is 26.1 Å². The average Bonchev–Trinajstić information content (AvgIpc) is 2.83. The lowest BCUT2D eigenvalue weighted by Crippen LogP contribution is -2.42. The smallest absolute Gasteiger partial charge is 0.225 e. The summed E-state index contributed by atoms with van der Waals surface area (Å²) in [6.45, 7) is 3.77. The summed E-state index contributed by atoms with van der Waals surface area (Å²) < 4.78 is 0. The number of hydrogen-bond acceptors (Lipinski definition) is 2. The molecule has 0 bridgehead atoms. The first-order chi connectivity index (χ1) is 13.6. The van der Waals surface area contributed by atoms with Crippen molar-refractivity contribution < 1.29 is 9.59 Å². The molecule has 2 amide bonds. The first-order valence-corrected chi connectivity index (χ1v) is 10.3. The van der Waals surface area contributed by atoms with E-state index in [2.05, 4.69) is 48.6 Å². The standard InChI is InChI=1S/C24H28N2O2/c1-17-9-11-18(12-10-17)22-8-3-2-5-20(22)15-21-16-26(14-13-25-23(21)27)24(28)19-6-4-7-19/h2-3,5,8-12,19,21H,4,6-7,13-16H2,1H3,(H,25,27)/t21-/m1/s1. The second-order valence-electron chi connectivity index (χ2n) is 8.13. The predicted octanol–water partition coefficient (Wildman–Crippen LogP) is 3.58. The van der Waals surface area contributed by atoms with Gasteiger partial charge in [-0.05, 0) is 42.9 Å². The van der Waals surface area contributed by atoms with Crippen LogP contribution < -0.4 is 5.32 Å². The summed E-state index contributed by atoms with van der Waals surface area (Å²) in [5.41, 5.74) is 4.72. The fourth-order valence-electron chi connectivity index (χ4n) is 4.15. The van der Waals surface area contributed by atoms with Crippen LogP contribution in [0.15, 0.2) is 48.5 Å². The van der Waals surface area contributed by atoms with E-state index in [9.17, 15) is 9.59 Å². The van der Waals surface area contributed by atoms with Gasteiger partial charge in [0, 0.05) is 25.6 Å². The van der Waals surface area contributed by atoms with Gasteiger partial charge in [-0.15, -0.1) is 0 Å². The topological polar surface area (TPSA) is 49.4 Å². The number of nitrogens with one attached hydrogen (secondary N) is 1. The van der Waals surface area contributed by atoms with Crippen molar-refractivity contribution >= 4 is 11.8 Å². The average molecular weight is 377 g/mol. The maximum absolute atomic E-state index is 12.7. The highest BCUT2D eigenvalue weighted by atomic mass is 16.2. The highest BCUT2D eigenvalue weighted by Gasteiger charge is 2.33. The Kier molecular flexibility index (Phi) is 5.47. The lowest BCUT2D eigenvalue weighted by Gasteiger charge is -2.32. The third kappa shape index (κ3) is 3.96. The Balaban J connectivity index is 1.56. The summed E-state index contributed by atoms with van der Waals surface area (Å²) in [5.74, 6) is 0.258. The van der Waals surface area contributed by atoms with Crippen LogP contribution in [0.4, 0.5) is 0 Å². The van der Waals surface area contributed by atoms with E-state index in [4.69, 9.17) is 0 Å². The van der Waals surface area contributed by atoms with Crippen molar-refractivity contribution in [2.24, 2.45) is 11.8 Å². The van der Waals surface area contributed by atoms with Crippen molar-refractivity contribution in [3.63, 3.8) is 0 Å². The maximum atomic E-state index is 12.7. The second-order valence-corrected chi connectivity index (χ2v) is 8.13. The number of carbonyl (C=O) groups is 2. The van der Waals surface area contributed by atoms with E-state index in [0.717, 1.165) is 36.0 Å². The highest BCUT2D eigenvalue weighted by Crippen LogP contribution is 2.30. The Morgan fingerprint density at radius 2 is 1.86 bits per heavy atom. The molecular formula is C24H28N2O2. The van der Waals surface area contributed by atoms with Gasteiger partial charge in [0.25, 0.3) is 0 Å². The van der Waals surface area contributed by atoms with Crippen LogP contribution >= 0.6 is 0 Å². The van der Waals surface area contributed by atoms with Crippen molar-refractivity contribution in [1.82, 2.24) is 10.2 Å². The predicted molar refractivity (Wildman–Crippen MR) is 111 cm³/mol. The van der Waals surface area contributed by atoms with Gasteiger partial charge in [-0.2, -0.15) is 0 Å².